The smallest absolute Gasteiger partial charge is 0.228 e. The van der Waals surface area contributed by atoms with E-state index in [0.29, 0.717) is 13.0 Å². The first-order chi connectivity index (χ1) is 7.11. The fraction of sp³-hybridized carbons (Fsp3) is 0.600. The second-order valence-corrected chi connectivity index (χ2v) is 4.02. The van der Waals surface area contributed by atoms with Crippen molar-refractivity contribution in [3.05, 3.63) is 11.8 Å². The molecule has 1 unspecified atom stereocenters. The Bertz CT molecular complexity index is 386. The highest BCUT2D eigenvalue weighted by Crippen LogP contribution is 2.24. The van der Waals surface area contributed by atoms with Crippen LogP contribution in [0, 0.1) is 12.8 Å². The first-order valence-electron chi connectivity index (χ1n) is 5.03. The van der Waals surface area contributed by atoms with E-state index in [-0.39, 0.29) is 18.4 Å². The van der Waals surface area contributed by atoms with E-state index >= 15 is 0 Å². The van der Waals surface area contributed by atoms with Gasteiger partial charge in [-0.1, -0.05) is 0 Å². The Hall–Kier alpha value is -1.36. The molecule has 2 heterocycles. The summed E-state index contributed by atoms with van der Waals surface area (Å²) in [6.45, 7) is 2.56. The van der Waals surface area contributed by atoms with Crippen LogP contribution in [0.2, 0.25) is 0 Å². The summed E-state index contributed by atoms with van der Waals surface area (Å²) < 4.78 is 1.70. The molecule has 5 nitrogen and oxygen atoms in total. The molecule has 0 radical (unpaired) electrons. The highest BCUT2D eigenvalue weighted by molar-refractivity contribution is 5.95. The van der Waals surface area contributed by atoms with Crippen LogP contribution in [0.4, 0.5) is 5.82 Å². The maximum atomic E-state index is 11.7. The van der Waals surface area contributed by atoms with Gasteiger partial charge in [-0.2, -0.15) is 5.10 Å². The summed E-state index contributed by atoms with van der Waals surface area (Å²) in [6, 6.07) is 1.89. The Labute approximate surface area is 88.3 Å². The van der Waals surface area contributed by atoms with E-state index < -0.39 is 0 Å². The minimum Gasteiger partial charge on any atom is -0.396 e. The van der Waals surface area contributed by atoms with Crippen LogP contribution in [0.25, 0.3) is 0 Å². The van der Waals surface area contributed by atoms with Gasteiger partial charge in [0.25, 0.3) is 0 Å². The molecule has 1 aliphatic heterocycles. The first kappa shape index (κ1) is 10.2. The standard InChI is InChI=1S/C10H15N3O2/c1-7-3-9(12(2)11-7)13-5-8(6-14)4-10(13)15/h3,8,14H,4-6H2,1-2H3. The van der Waals surface area contributed by atoms with E-state index in [1.807, 2.05) is 20.0 Å². The molecule has 82 valence electrons. The minimum atomic E-state index is 0.0627. The molecular weight excluding hydrogens is 194 g/mol. The Kier molecular flexibility index (Phi) is 2.48. The van der Waals surface area contributed by atoms with Gasteiger partial charge in [0.05, 0.1) is 5.69 Å². The van der Waals surface area contributed by atoms with Gasteiger partial charge >= 0.3 is 0 Å². The quantitative estimate of drug-likeness (QED) is 0.750. The first-order valence-corrected chi connectivity index (χ1v) is 5.03. The van der Waals surface area contributed by atoms with Crippen molar-refractivity contribution in [3.63, 3.8) is 0 Å². The Balaban J connectivity index is 2.25. The van der Waals surface area contributed by atoms with E-state index in [9.17, 15) is 4.79 Å². The Morgan fingerprint density at radius 3 is 2.87 bits per heavy atom. The largest absolute Gasteiger partial charge is 0.396 e. The molecule has 1 atom stereocenters. The maximum Gasteiger partial charge on any atom is 0.228 e. The third-order valence-electron chi connectivity index (χ3n) is 2.72. The number of aromatic nitrogens is 2. The number of carbonyl (C=O) groups is 1. The zero-order chi connectivity index (χ0) is 11.0. The van der Waals surface area contributed by atoms with Gasteiger partial charge in [0.1, 0.15) is 5.82 Å². The molecule has 1 aromatic rings. The number of aliphatic hydroxyl groups excluding tert-OH is 1. The lowest BCUT2D eigenvalue weighted by molar-refractivity contribution is -0.117. The van der Waals surface area contributed by atoms with Gasteiger partial charge in [-0.05, 0) is 6.92 Å². The number of aryl methyl sites for hydroxylation is 2. The van der Waals surface area contributed by atoms with E-state index in [4.69, 9.17) is 5.11 Å². The van der Waals surface area contributed by atoms with Crippen LogP contribution in [0.1, 0.15) is 12.1 Å². The van der Waals surface area contributed by atoms with Crippen LogP contribution in [-0.2, 0) is 11.8 Å². The molecular formula is C10H15N3O2. The lowest BCUT2D eigenvalue weighted by atomic mass is 10.1. The third kappa shape index (κ3) is 1.74. The van der Waals surface area contributed by atoms with Crippen LogP contribution >= 0.6 is 0 Å². The van der Waals surface area contributed by atoms with Crippen LogP contribution in [0.15, 0.2) is 6.07 Å². The SMILES string of the molecule is Cc1cc(N2CC(CO)CC2=O)n(C)n1. The molecule has 1 fully saturated rings. The van der Waals surface area contributed by atoms with Gasteiger partial charge in [-0.25, -0.2) is 0 Å². The molecule has 1 amide bonds. The average Bonchev–Trinajstić information content (AvgIpc) is 2.69. The van der Waals surface area contributed by atoms with Crippen LogP contribution < -0.4 is 4.90 Å². The monoisotopic (exact) mass is 209 g/mol. The van der Waals surface area contributed by atoms with Gasteiger partial charge in [0.2, 0.25) is 5.91 Å². The summed E-state index contributed by atoms with van der Waals surface area (Å²) in [5, 5.41) is 13.2. The highest BCUT2D eigenvalue weighted by atomic mass is 16.3. The fourth-order valence-electron chi connectivity index (χ4n) is 1.97. The Morgan fingerprint density at radius 2 is 2.40 bits per heavy atom. The second kappa shape index (κ2) is 3.66. The van der Waals surface area contributed by atoms with Crippen molar-refractivity contribution in [1.29, 1.82) is 0 Å². The third-order valence-corrected chi connectivity index (χ3v) is 2.72. The summed E-state index contributed by atoms with van der Waals surface area (Å²) in [6.07, 6.45) is 0.431. The van der Waals surface area contributed by atoms with Gasteiger partial charge in [-0.15, -0.1) is 0 Å². The summed E-state index contributed by atoms with van der Waals surface area (Å²) in [4.78, 5) is 13.4. The van der Waals surface area contributed by atoms with E-state index in [0.717, 1.165) is 11.5 Å². The normalized spacial score (nSPS) is 21.4. The minimum absolute atomic E-state index is 0.0627. The van der Waals surface area contributed by atoms with Crippen molar-refractivity contribution < 1.29 is 9.90 Å². The lowest BCUT2D eigenvalue weighted by Gasteiger charge is -2.15. The van der Waals surface area contributed by atoms with Crippen LogP contribution in [0.3, 0.4) is 0 Å². The van der Waals surface area contributed by atoms with Crippen molar-refractivity contribution in [3.8, 4) is 0 Å². The van der Waals surface area contributed by atoms with E-state index in [1.165, 1.54) is 0 Å². The van der Waals surface area contributed by atoms with Crippen molar-refractivity contribution in [2.24, 2.45) is 13.0 Å². The number of amides is 1. The van der Waals surface area contributed by atoms with Crippen LogP contribution in [0.5, 0.6) is 0 Å². The van der Waals surface area contributed by atoms with Crippen molar-refractivity contribution in [2.45, 2.75) is 13.3 Å². The number of rotatable bonds is 2. The maximum absolute atomic E-state index is 11.7. The predicted molar refractivity (Wildman–Crippen MR) is 55.5 cm³/mol. The highest BCUT2D eigenvalue weighted by Gasteiger charge is 2.31. The number of anilines is 1. The molecule has 1 aliphatic rings. The predicted octanol–water partition coefficient (Wildman–Crippen LogP) is 0.0737. The van der Waals surface area contributed by atoms with Crippen molar-refractivity contribution in [2.75, 3.05) is 18.1 Å². The van der Waals surface area contributed by atoms with Gasteiger partial charge in [-0.3, -0.25) is 14.4 Å². The molecule has 15 heavy (non-hydrogen) atoms. The van der Waals surface area contributed by atoms with Gasteiger partial charge in [0, 0.05) is 38.6 Å². The number of aliphatic hydroxyl groups is 1. The lowest BCUT2D eigenvalue weighted by Crippen LogP contribution is -2.27. The molecule has 1 N–H and O–H groups in total. The summed E-state index contributed by atoms with van der Waals surface area (Å²) in [5.41, 5.74) is 0.896. The summed E-state index contributed by atoms with van der Waals surface area (Å²) >= 11 is 0. The molecule has 0 bridgehead atoms. The molecule has 1 aromatic heterocycles. The fourth-order valence-corrected chi connectivity index (χ4v) is 1.97. The number of hydrogen-bond acceptors (Lipinski definition) is 3. The van der Waals surface area contributed by atoms with Crippen LogP contribution in [-0.4, -0.2) is 33.9 Å². The molecule has 1 saturated heterocycles. The zero-order valence-corrected chi connectivity index (χ0v) is 8.97. The topological polar surface area (TPSA) is 58.4 Å². The number of carbonyl (C=O) groups excluding carboxylic acids is 1. The molecule has 0 aliphatic carbocycles. The molecule has 0 aromatic carbocycles. The van der Waals surface area contributed by atoms with Crippen molar-refractivity contribution >= 4 is 11.7 Å². The molecule has 0 spiro atoms. The number of hydrogen-bond donors (Lipinski definition) is 1. The van der Waals surface area contributed by atoms with Gasteiger partial charge < -0.3 is 5.11 Å². The van der Waals surface area contributed by atoms with Crippen molar-refractivity contribution in [1.82, 2.24) is 9.78 Å². The van der Waals surface area contributed by atoms with E-state index in [1.54, 1.807) is 9.58 Å². The van der Waals surface area contributed by atoms with E-state index in [2.05, 4.69) is 5.10 Å². The Morgan fingerprint density at radius 1 is 1.67 bits per heavy atom. The zero-order valence-electron chi connectivity index (χ0n) is 8.97. The molecule has 0 saturated carbocycles. The molecule has 2 rings (SSSR count). The average molecular weight is 209 g/mol. The number of nitrogens with zero attached hydrogens (tertiary/aromatic N) is 3. The second-order valence-electron chi connectivity index (χ2n) is 4.02. The summed E-state index contributed by atoms with van der Waals surface area (Å²) in [5.74, 6) is 0.943. The molecule has 5 heteroatoms. The summed E-state index contributed by atoms with van der Waals surface area (Å²) in [7, 11) is 1.82. The van der Waals surface area contributed by atoms with Gasteiger partial charge in [0.15, 0.2) is 0 Å².